The van der Waals surface area contributed by atoms with Gasteiger partial charge in [0.15, 0.2) is 0 Å². The van der Waals surface area contributed by atoms with E-state index in [1.807, 2.05) is 0 Å². The molecule has 0 radical (unpaired) electrons. The van der Waals surface area contributed by atoms with Gasteiger partial charge in [0.1, 0.15) is 0 Å². The Labute approximate surface area is 105 Å². The van der Waals surface area contributed by atoms with Crippen LogP contribution < -0.4 is 5.32 Å². The maximum Gasteiger partial charge on any atom is 0.305 e. The monoisotopic (exact) mass is 253 g/mol. The molecule has 0 aliphatic carbocycles. The van der Waals surface area contributed by atoms with Gasteiger partial charge in [0.2, 0.25) is 5.82 Å². The predicted molar refractivity (Wildman–Crippen MR) is 65.8 cm³/mol. The van der Waals surface area contributed by atoms with Crippen LogP contribution in [0.5, 0.6) is 0 Å². The maximum atomic E-state index is 13.9. The van der Waals surface area contributed by atoms with Crippen LogP contribution >= 0.6 is 0 Å². The topological polar surface area (TPSA) is 58.4 Å². The second-order valence-corrected chi connectivity index (χ2v) is 4.60. The minimum Gasteiger partial charge on any atom is -0.312 e. The van der Waals surface area contributed by atoms with Gasteiger partial charge >= 0.3 is 5.69 Å². The quantitative estimate of drug-likeness (QED) is 0.655. The zero-order chi connectivity index (χ0) is 13.1. The predicted octanol–water partition coefficient (Wildman–Crippen LogP) is 1.53. The fourth-order valence-corrected chi connectivity index (χ4v) is 2.23. The van der Waals surface area contributed by atoms with Crippen molar-refractivity contribution in [2.75, 3.05) is 19.6 Å². The fourth-order valence-electron chi connectivity index (χ4n) is 2.23. The van der Waals surface area contributed by atoms with Crippen molar-refractivity contribution in [1.82, 2.24) is 10.2 Å². The van der Waals surface area contributed by atoms with Gasteiger partial charge in [-0.1, -0.05) is 12.1 Å². The first-order chi connectivity index (χ1) is 8.58. The molecular weight excluding hydrogens is 237 g/mol. The zero-order valence-corrected chi connectivity index (χ0v) is 10.2. The number of benzene rings is 1. The Kier molecular flexibility index (Phi) is 3.88. The van der Waals surface area contributed by atoms with E-state index < -0.39 is 16.4 Å². The van der Waals surface area contributed by atoms with E-state index in [1.54, 1.807) is 6.07 Å². The van der Waals surface area contributed by atoms with E-state index in [9.17, 15) is 14.5 Å². The van der Waals surface area contributed by atoms with E-state index in [4.69, 9.17) is 0 Å². The Morgan fingerprint density at radius 1 is 1.61 bits per heavy atom. The molecule has 0 spiro atoms. The third kappa shape index (κ3) is 2.83. The first-order valence-electron chi connectivity index (χ1n) is 5.95. The fraction of sp³-hybridized carbons (Fsp3) is 0.500. The Morgan fingerprint density at radius 2 is 2.39 bits per heavy atom. The molecule has 0 saturated carbocycles. The van der Waals surface area contributed by atoms with Crippen molar-refractivity contribution in [2.45, 2.75) is 19.5 Å². The molecule has 1 aromatic carbocycles. The average Bonchev–Trinajstić information content (AvgIpc) is 2.31. The van der Waals surface area contributed by atoms with Crippen molar-refractivity contribution in [2.24, 2.45) is 0 Å². The molecule has 5 nitrogen and oxygen atoms in total. The third-order valence-corrected chi connectivity index (χ3v) is 3.10. The lowest BCUT2D eigenvalue weighted by Gasteiger charge is -2.31. The van der Waals surface area contributed by atoms with Crippen molar-refractivity contribution in [3.63, 3.8) is 0 Å². The Bertz CT molecular complexity index is 453. The molecule has 0 unspecified atom stereocenters. The molecule has 98 valence electrons. The summed E-state index contributed by atoms with van der Waals surface area (Å²) in [5.74, 6) is -0.714. The Morgan fingerprint density at radius 3 is 3.06 bits per heavy atom. The molecule has 1 saturated heterocycles. The molecule has 0 bridgehead atoms. The van der Waals surface area contributed by atoms with Gasteiger partial charge in [-0.05, 0) is 6.92 Å². The highest BCUT2D eigenvalue weighted by Crippen LogP contribution is 2.21. The van der Waals surface area contributed by atoms with Gasteiger partial charge in [-0.3, -0.25) is 15.0 Å². The molecule has 1 N–H and O–H groups in total. The summed E-state index contributed by atoms with van der Waals surface area (Å²) in [4.78, 5) is 12.1. The molecule has 1 aromatic rings. The number of nitro groups is 1. The van der Waals surface area contributed by atoms with Crippen molar-refractivity contribution in [3.05, 3.63) is 39.7 Å². The number of hydrogen-bond acceptors (Lipinski definition) is 4. The van der Waals surface area contributed by atoms with E-state index in [-0.39, 0.29) is 0 Å². The first kappa shape index (κ1) is 12.9. The number of halogens is 1. The minimum absolute atomic E-state index is 0.362. The Balaban J connectivity index is 2.14. The van der Waals surface area contributed by atoms with Gasteiger partial charge in [0.05, 0.1) is 4.92 Å². The molecule has 18 heavy (non-hydrogen) atoms. The molecule has 1 aliphatic heterocycles. The lowest BCUT2D eigenvalue weighted by Crippen LogP contribution is -2.48. The van der Waals surface area contributed by atoms with Crippen molar-refractivity contribution < 1.29 is 9.31 Å². The van der Waals surface area contributed by atoms with Crippen molar-refractivity contribution in [3.8, 4) is 0 Å². The number of piperazine rings is 1. The highest BCUT2D eigenvalue weighted by molar-refractivity contribution is 5.36. The smallest absolute Gasteiger partial charge is 0.305 e. The summed E-state index contributed by atoms with van der Waals surface area (Å²) in [6.45, 7) is 4.99. The average molecular weight is 253 g/mol. The molecule has 6 heteroatoms. The summed E-state index contributed by atoms with van der Waals surface area (Å²) >= 11 is 0. The van der Waals surface area contributed by atoms with E-state index in [2.05, 4.69) is 17.1 Å². The van der Waals surface area contributed by atoms with Gasteiger partial charge in [-0.2, -0.15) is 4.39 Å². The van der Waals surface area contributed by atoms with Gasteiger partial charge in [0, 0.05) is 43.9 Å². The minimum atomic E-state index is -0.714. The van der Waals surface area contributed by atoms with E-state index >= 15 is 0 Å². The Hall–Kier alpha value is -1.53. The number of nitrogens with zero attached hydrogens (tertiary/aromatic N) is 2. The molecule has 1 atom stereocenters. The van der Waals surface area contributed by atoms with Crippen LogP contribution in [-0.2, 0) is 6.54 Å². The standard InChI is InChI=1S/C12H16FN3O2/c1-9-7-15(6-5-14-9)8-10-3-2-4-11(12(10)13)16(17)18/h2-4,9,14H,5-8H2,1H3/t9-/m1/s1. The molecule has 0 aromatic heterocycles. The molecule has 2 rings (SSSR count). The largest absolute Gasteiger partial charge is 0.312 e. The van der Waals surface area contributed by atoms with Crippen LogP contribution in [0.4, 0.5) is 10.1 Å². The van der Waals surface area contributed by atoms with Crippen LogP contribution in [0.25, 0.3) is 0 Å². The SMILES string of the molecule is C[C@@H]1CN(Cc2cccc([N+](=O)[O-])c2F)CCN1. The van der Waals surface area contributed by atoms with Crippen molar-refractivity contribution in [1.29, 1.82) is 0 Å². The normalized spacial score (nSPS) is 20.9. The van der Waals surface area contributed by atoms with Crippen LogP contribution in [0.2, 0.25) is 0 Å². The summed E-state index contributed by atoms with van der Waals surface area (Å²) in [5, 5.41) is 14.0. The zero-order valence-electron chi connectivity index (χ0n) is 10.2. The van der Waals surface area contributed by atoms with E-state index in [0.717, 1.165) is 19.6 Å². The van der Waals surface area contributed by atoms with E-state index in [1.165, 1.54) is 12.1 Å². The second-order valence-electron chi connectivity index (χ2n) is 4.60. The first-order valence-corrected chi connectivity index (χ1v) is 5.95. The van der Waals surface area contributed by atoms with Crippen LogP contribution in [-0.4, -0.2) is 35.5 Å². The summed E-state index contributed by atoms with van der Waals surface area (Å²) < 4.78 is 13.9. The molecule has 0 amide bonds. The molecule has 1 aliphatic rings. The number of nitrogens with one attached hydrogen (secondary N) is 1. The van der Waals surface area contributed by atoms with Gasteiger partial charge in [-0.15, -0.1) is 0 Å². The summed E-state index contributed by atoms with van der Waals surface area (Å²) in [6, 6.07) is 4.69. The summed E-state index contributed by atoms with van der Waals surface area (Å²) in [6.07, 6.45) is 0. The van der Waals surface area contributed by atoms with Crippen molar-refractivity contribution >= 4 is 5.69 Å². The van der Waals surface area contributed by atoms with Crippen LogP contribution in [0.3, 0.4) is 0 Å². The lowest BCUT2D eigenvalue weighted by atomic mass is 10.1. The lowest BCUT2D eigenvalue weighted by molar-refractivity contribution is -0.387. The number of hydrogen-bond donors (Lipinski definition) is 1. The van der Waals surface area contributed by atoms with Crippen LogP contribution in [0.1, 0.15) is 12.5 Å². The van der Waals surface area contributed by atoms with Gasteiger partial charge < -0.3 is 5.32 Å². The van der Waals surface area contributed by atoms with Crippen LogP contribution in [0, 0.1) is 15.9 Å². The maximum absolute atomic E-state index is 13.9. The highest BCUT2D eigenvalue weighted by Gasteiger charge is 2.21. The third-order valence-electron chi connectivity index (χ3n) is 3.10. The van der Waals surface area contributed by atoms with E-state index in [0.29, 0.717) is 18.2 Å². The van der Waals surface area contributed by atoms with Gasteiger partial charge in [0.25, 0.3) is 0 Å². The highest BCUT2D eigenvalue weighted by atomic mass is 19.1. The van der Waals surface area contributed by atoms with Crippen LogP contribution in [0.15, 0.2) is 18.2 Å². The number of rotatable bonds is 3. The molecule has 1 fully saturated rings. The van der Waals surface area contributed by atoms with Gasteiger partial charge in [-0.25, -0.2) is 0 Å². The molecular formula is C12H16FN3O2. The molecule has 1 heterocycles. The number of nitro benzene ring substituents is 1. The summed E-state index contributed by atoms with van der Waals surface area (Å²) in [7, 11) is 0. The summed E-state index contributed by atoms with van der Waals surface area (Å²) in [5.41, 5.74) is -0.0611. The second kappa shape index (κ2) is 5.41.